The van der Waals surface area contributed by atoms with Gasteiger partial charge in [-0.3, -0.25) is 0 Å². The highest BCUT2D eigenvalue weighted by Gasteiger charge is 2.13. The van der Waals surface area contributed by atoms with Crippen molar-refractivity contribution in [1.82, 2.24) is 0 Å². The Hall–Kier alpha value is -5.18. The van der Waals surface area contributed by atoms with Crippen molar-refractivity contribution in [1.29, 1.82) is 0 Å². The third kappa shape index (κ3) is 12.5. The highest BCUT2D eigenvalue weighted by atomic mass is 16.5. The van der Waals surface area contributed by atoms with Crippen molar-refractivity contribution < 1.29 is 42.9 Å². The van der Waals surface area contributed by atoms with Crippen molar-refractivity contribution in [3.05, 3.63) is 115 Å². The fraction of sp³-hybridized carbons (Fsp3) is 0.278. The highest BCUT2D eigenvalue weighted by molar-refractivity contribution is 5.93. The van der Waals surface area contributed by atoms with Crippen LogP contribution in [0.3, 0.4) is 0 Å². The monoisotopic (exact) mass is 614 g/mol. The van der Waals surface area contributed by atoms with Gasteiger partial charge in [0.1, 0.15) is 17.2 Å². The SMILES string of the molecule is C=CCCCCCCOC(=O)c1ccc(OC(=O)c2ccc(OC(=O)c3ccc(OCCCCOC(=O)C=C)cc3)cc2)cc1. The normalized spacial score (nSPS) is 10.3. The quantitative estimate of drug-likeness (QED) is 0.0451. The molecule has 0 amide bonds. The zero-order valence-electron chi connectivity index (χ0n) is 25.2. The van der Waals surface area contributed by atoms with Crippen LogP contribution >= 0.6 is 0 Å². The van der Waals surface area contributed by atoms with E-state index in [0.717, 1.165) is 38.2 Å². The summed E-state index contributed by atoms with van der Waals surface area (Å²) in [6.07, 6.45) is 9.32. The zero-order chi connectivity index (χ0) is 32.3. The number of ether oxygens (including phenoxy) is 5. The number of unbranched alkanes of at least 4 members (excludes halogenated alkanes) is 5. The van der Waals surface area contributed by atoms with E-state index in [9.17, 15) is 19.2 Å². The van der Waals surface area contributed by atoms with Gasteiger partial charge >= 0.3 is 23.9 Å². The molecule has 45 heavy (non-hydrogen) atoms. The summed E-state index contributed by atoms with van der Waals surface area (Å²) in [6, 6.07) is 18.6. The van der Waals surface area contributed by atoms with Gasteiger partial charge in [0, 0.05) is 6.08 Å². The first-order valence-electron chi connectivity index (χ1n) is 14.8. The smallest absolute Gasteiger partial charge is 0.343 e. The second-order valence-corrected chi connectivity index (χ2v) is 9.91. The van der Waals surface area contributed by atoms with Crippen LogP contribution in [0.5, 0.6) is 17.2 Å². The summed E-state index contributed by atoms with van der Waals surface area (Å²) in [6.45, 7) is 8.13. The van der Waals surface area contributed by atoms with E-state index >= 15 is 0 Å². The Morgan fingerprint density at radius 3 is 1.49 bits per heavy atom. The third-order valence-electron chi connectivity index (χ3n) is 6.45. The highest BCUT2D eigenvalue weighted by Crippen LogP contribution is 2.19. The van der Waals surface area contributed by atoms with E-state index in [4.69, 9.17) is 23.7 Å². The maximum atomic E-state index is 12.6. The molecule has 0 radical (unpaired) electrons. The minimum absolute atomic E-state index is 0.256. The average molecular weight is 615 g/mol. The number of allylic oxidation sites excluding steroid dienone is 1. The summed E-state index contributed by atoms with van der Waals surface area (Å²) in [5.41, 5.74) is 0.955. The van der Waals surface area contributed by atoms with Gasteiger partial charge in [-0.2, -0.15) is 0 Å². The van der Waals surface area contributed by atoms with Crippen LogP contribution in [0, 0.1) is 0 Å². The van der Waals surface area contributed by atoms with Gasteiger partial charge in [0.2, 0.25) is 0 Å². The predicted octanol–water partition coefficient (Wildman–Crippen LogP) is 7.31. The maximum Gasteiger partial charge on any atom is 0.343 e. The standard InChI is InChI=1S/C36H38O9/c1-3-5-6-7-8-9-26-43-34(38)27-14-20-31(21-15-27)44-36(40)29-16-22-32(23-17-29)45-35(39)28-12-18-30(19-13-28)41-24-10-11-25-42-33(37)4-2/h3-4,12-23H,1-2,5-11,24-26H2. The third-order valence-corrected chi connectivity index (χ3v) is 6.45. The lowest BCUT2D eigenvalue weighted by Crippen LogP contribution is -2.11. The predicted molar refractivity (Wildman–Crippen MR) is 169 cm³/mol. The molecule has 0 unspecified atom stereocenters. The lowest BCUT2D eigenvalue weighted by molar-refractivity contribution is -0.137. The maximum absolute atomic E-state index is 12.6. The Morgan fingerprint density at radius 2 is 0.956 bits per heavy atom. The van der Waals surface area contributed by atoms with Gasteiger partial charge in [-0.25, -0.2) is 19.2 Å². The summed E-state index contributed by atoms with van der Waals surface area (Å²) < 4.78 is 26.7. The number of hydrogen-bond acceptors (Lipinski definition) is 9. The van der Waals surface area contributed by atoms with Crippen molar-refractivity contribution in [2.45, 2.75) is 44.9 Å². The molecule has 0 spiro atoms. The van der Waals surface area contributed by atoms with Crippen molar-refractivity contribution in [3.63, 3.8) is 0 Å². The van der Waals surface area contributed by atoms with Crippen LogP contribution in [0.4, 0.5) is 0 Å². The molecule has 0 aliphatic rings. The molecule has 9 heteroatoms. The van der Waals surface area contributed by atoms with Gasteiger partial charge in [0.15, 0.2) is 0 Å². The van der Waals surface area contributed by atoms with Crippen molar-refractivity contribution >= 4 is 23.9 Å². The van der Waals surface area contributed by atoms with E-state index < -0.39 is 23.9 Å². The van der Waals surface area contributed by atoms with Crippen LogP contribution in [0.15, 0.2) is 98.1 Å². The largest absolute Gasteiger partial charge is 0.494 e. The molecule has 236 valence electrons. The second-order valence-electron chi connectivity index (χ2n) is 9.91. The van der Waals surface area contributed by atoms with Crippen LogP contribution in [-0.4, -0.2) is 43.7 Å². The first-order chi connectivity index (χ1) is 21.9. The molecule has 0 saturated heterocycles. The minimum atomic E-state index is -0.604. The first-order valence-corrected chi connectivity index (χ1v) is 14.8. The van der Waals surface area contributed by atoms with Gasteiger partial charge in [0.05, 0.1) is 36.5 Å². The summed E-state index contributed by atoms with van der Waals surface area (Å²) in [4.78, 5) is 48.4. The Bertz CT molecular complexity index is 1410. The summed E-state index contributed by atoms with van der Waals surface area (Å²) in [5.74, 6) is -0.924. The molecule has 3 rings (SSSR count). The lowest BCUT2D eigenvalue weighted by Gasteiger charge is -2.09. The van der Waals surface area contributed by atoms with Crippen molar-refractivity contribution in [2.24, 2.45) is 0 Å². The van der Waals surface area contributed by atoms with Crippen LogP contribution in [0.2, 0.25) is 0 Å². The fourth-order valence-corrected chi connectivity index (χ4v) is 3.96. The first kappa shape index (κ1) is 34.3. The Kier molecular flexibility index (Phi) is 14.6. The van der Waals surface area contributed by atoms with E-state index in [0.29, 0.717) is 49.5 Å². The van der Waals surface area contributed by atoms with Crippen LogP contribution in [0.1, 0.15) is 76.0 Å². The molecule has 3 aromatic carbocycles. The molecule has 0 fully saturated rings. The van der Waals surface area contributed by atoms with E-state index in [-0.39, 0.29) is 17.1 Å². The summed E-state index contributed by atoms with van der Waals surface area (Å²) >= 11 is 0. The lowest BCUT2D eigenvalue weighted by atomic mass is 10.1. The molecule has 0 saturated carbocycles. The minimum Gasteiger partial charge on any atom is -0.494 e. The van der Waals surface area contributed by atoms with Crippen molar-refractivity contribution in [2.75, 3.05) is 19.8 Å². The molecular weight excluding hydrogens is 576 g/mol. The Balaban J connectivity index is 1.39. The number of carbonyl (C=O) groups excluding carboxylic acids is 4. The van der Waals surface area contributed by atoms with E-state index in [2.05, 4.69) is 13.2 Å². The average Bonchev–Trinajstić information content (AvgIpc) is 3.06. The molecule has 3 aromatic rings. The van der Waals surface area contributed by atoms with Crippen LogP contribution in [0.25, 0.3) is 0 Å². The van der Waals surface area contributed by atoms with Gasteiger partial charge in [-0.05, 0) is 105 Å². The molecule has 9 nitrogen and oxygen atoms in total. The number of benzene rings is 3. The number of hydrogen-bond donors (Lipinski definition) is 0. The Morgan fingerprint density at radius 1 is 0.511 bits per heavy atom. The van der Waals surface area contributed by atoms with Gasteiger partial charge in [-0.1, -0.05) is 25.5 Å². The van der Waals surface area contributed by atoms with Crippen LogP contribution < -0.4 is 14.2 Å². The number of esters is 4. The van der Waals surface area contributed by atoms with E-state index in [1.54, 1.807) is 36.4 Å². The van der Waals surface area contributed by atoms with Gasteiger partial charge in [-0.15, -0.1) is 6.58 Å². The molecule has 0 aliphatic heterocycles. The molecule has 0 aromatic heterocycles. The van der Waals surface area contributed by atoms with Gasteiger partial charge < -0.3 is 23.7 Å². The Labute approximate surface area is 263 Å². The van der Waals surface area contributed by atoms with Gasteiger partial charge in [0.25, 0.3) is 0 Å². The topological polar surface area (TPSA) is 114 Å². The van der Waals surface area contributed by atoms with E-state index in [1.165, 1.54) is 36.4 Å². The molecule has 0 heterocycles. The zero-order valence-corrected chi connectivity index (χ0v) is 25.2. The molecule has 0 N–H and O–H groups in total. The van der Waals surface area contributed by atoms with E-state index in [1.807, 2.05) is 6.08 Å². The fourth-order valence-electron chi connectivity index (χ4n) is 3.96. The number of rotatable bonds is 19. The summed E-state index contributed by atoms with van der Waals surface area (Å²) in [5, 5.41) is 0. The molecular formula is C36H38O9. The molecule has 0 atom stereocenters. The number of carbonyl (C=O) groups is 4. The summed E-state index contributed by atoms with van der Waals surface area (Å²) in [7, 11) is 0. The van der Waals surface area contributed by atoms with Crippen LogP contribution in [-0.2, 0) is 14.3 Å². The molecule has 0 aliphatic carbocycles. The van der Waals surface area contributed by atoms with Crippen molar-refractivity contribution in [3.8, 4) is 17.2 Å². The second kappa shape index (κ2) is 19.2. The molecule has 0 bridgehead atoms.